The number of piperidine rings is 1. The van der Waals surface area contributed by atoms with Gasteiger partial charge in [-0.25, -0.2) is 17.2 Å². The molecule has 0 radical (unpaired) electrons. The zero-order chi connectivity index (χ0) is 19.8. The Balaban J connectivity index is 1.61. The van der Waals surface area contributed by atoms with Crippen molar-refractivity contribution >= 4 is 10.0 Å². The molecular formula is C18H16F2N4O3S. The summed E-state index contributed by atoms with van der Waals surface area (Å²) in [5.41, 5.74) is -1.50. The lowest BCUT2D eigenvalue weighted by Gasteiger charge is -2.34. The van der Waals surface area contributed by atoms with Crippen LogP contribution in [0.15, 0.2) is 58.2 Å². The summed E-state index contributed by atoms with van der Waals surface area (Å²) in [6.07, 6.45) is 3.44. The Morgan fingerprint density at radius 1 is 1.11 bits per heavy atom. The first-order valence-corrected chi connectivity index (χ1v) is 10.0. The van der Waals surface area contributed by atoms with E-state index in [4.69, 9.17) is 4.52 Å². The van der Waals surface area contributed by atoms with Gasteiger partial charge < -0.3 is 4.52 Å². The molecule has 0 saturated carbocycles. The Labute approximate surface area is 160 Å². The molecule has 1 aromatic carbocycles. The number of halogens is 2. The summed E-state index contributed by atoms with van der Waals surface area (Å²) < 4.78 is 60.5. The summed E-state index contributed by atoms with van der Waals surface area (Å²) in [6, 6.07) is 7.75. The number of sulfonamides is 1. The zero-order valence-electron chi connectivity index (χ0n) is 14.6. The van der Waals surface area contributed by atoms with E-state index in [2.05, 4.69) is 15.1 Å². The van der Waals surface area contributed by atoms with Gasteiger partial charge in [-0.05, 0) is 49.2 Å². The van der Waals surface area contributed by atoms with Crippen LogP contribution < -0.4 is 0 Å². The van der Waals surface area contributed by atoms with Crippen LogP contribution in [0.3, 0.4) is 0 Å². The van der Waals surface area contributed by atoms with E-state index in [1.165, 1.54) is 0 Å². The summed E-state index contributed by atoms with van der Waals surface area (Å²) in [6.45, 7) is -0.304. The van der Waals surface area contributed by atoms with Crippen molar-refractivity contribution in [2.45, 2.75) is 23.4 Å². The first-order valence-electron chi connectivity index (χ1n) is 8.58. The highest BCUT2D eigenvalue weighted by Gasteiger charge is 2.46. The van der Waals surface area contributed by atoms with Crippen molar-refractivity contribution in [2.24, 2.45) is 0 Å². The van der Waals surface area contributed by atoms with Crippen LogP contribution in [0.1, 0.15) is 18.7 Å². The number of hydrogen-bond acceptors (Lipinski definition) is 6. The first kappa shape index (κ1) is 18.6. The van der Waals surface area contributed by atoms with Gasteiger partial charge in [0.1, 0.15) is 5.82 Å². The van der Waals surface area contributed by atoms with Gasteiger partial charge in [-0.15, -0.1) is 0 Å². The van der Waals surface area contributed by atoms with Gasteiger partial charge in [0.25, 0.3) is 5.89 Å². The van der Waals surface area contributed by atoms with Gasteiger partial charge in [0, 0.05) is 24.5 Å². The molecule has 3 heterocycles. The summed E-state index contributed by atoms with van der Waals surface area (Å²) in [4.78, 5) is 7.92. The van der Waals surface area contributed by atoms with Crippen molar-refractivity contribution in [1.82, 2.24) is 19.4 Å². The molecule has 2 aromatic heterocycles. The number of pyridine rings is 1. The molecule has 1 atom stereocenters. The predicted molar refractivity (Wildman–Crippen MR) is 94.7 cm³/mol. The number of benzene rings is 1. The third-order valence-electron chi connectivity index (χ3n) is 4.61. The lowest BCUT2D eigenvalue weighted by atomic mass is 9.96. The lowest BCUT2D eigenvalue weighted by Crippen LogP contribution is -2.46. The van der Waals surface area contributed by atoms with E-state index in [1.54, 1.807) is 24.5 Å². The monoisotopic (exact) mass is 406 g/mol. The van der Waals surface area contributed by atoms with E-state index < -0.39 is 28.1 Å². The minimum atomic E-state index is -3.97. The van der Waals surface area contributed by atoms with E-state index in [9.17, 15) is 12.8 Å². The second-order valence-electron chi connectivity index (χ2n) is 6.52. The minimum absolute atomic E-state index is 0.0560. The van der Waals surface area contributed by atoms with E-state index >= 15 is 4.39 Å². The van der Waals surface area contributed by atoms with Crippen LogP contribution in [-0.4, -0.2) is 40.9 Å². The van der Waals surface area contributed by atoms with Crippen LogP contribution in [0, 0.1) is 5.82 Å². The van der Waals surface area contributed by atoms with Gasteiger partial charge >= 0.3 is 0 Å². The summed E-state index contributed by atoms with van der Waals surface area (Å²) in [5.74, 6) is -0.613. The third-order valence-corrected chi connectivity index (χ3v) is 6.47. The predicted octanol–water partition coefficient (Wildman–Crippen LogP) is 2.92. The van der Waals surface area contributed by atoms with Crippen molar-refractivity contribution in [2.75, 3.05) is 13.1 Å². The molecule has 0 aliphatic carbocycles. The van der Waals surface area contributed by atoms with Crippen LogP contribution >= 0.6 is 0 Å². The highest BCUT2D eigenvalue weighted by atomic mass is 32.2. The topological polar surface area (TPSA) is 89.2 Å². The highest BCUT2D eigenvalue weighted by molar-refractivity contribution is 7.89. The van der Waals surface area contributed by atoms with Crippen LogP contribution in [0.5, 0.6) is 0 Å². The molecule has 0 bridgehead atoms. The Hall–Kier alpha value is -2.72. The Kier molecular flexibility index (Phi) is 4.68. The molecule has 0 amide bonds. The van der Waals surface area contributed by atoms with Gasteiger partial charge in [0.2, 0.25) is 21.5 Å². The number of alkyl halides is 1. The number of hydrogen-bond donors (Lipinski definition) is 0. The molecule has 10 heteroatoms. The highest BCUT2D eigenvalue weighted by Crippen LogP contribution is 2.37. The van der Waals surface area contributed by atoms with Gasteiger partial charge in [-0.2, -0.15) is 9.29 Å². The fourth-order valence-electron chi connectivity index (χ4n) is 3.13. The van der Waals surface area contributed by atoms with Crippen LogP contribution in [-0.2, 0) is 15.7 Å². The molecule has 3 aromatic rings. The SMILES string of the molecule is O=S(=O)(c1ccc(F)cc1)N1CCCC(F)(c2nc(-c3ccncc3)no2)C1. The third kappa shape index (κ3) is 3.40. The number of nitrogens with zero attached hydrogens (tertiary/aromatic N) is 4. The molecule has 7 nitrogen and oxygen atoms in total. The molecular weight excluding hydrogens is 390 g/mol. The van der Waals surface area contributed by atoms with Crippen LogP contribution in [0.4, 0.5) is 8.78 Å². The lowest BCUT2D eigenvalue weighted by molar-refractivity contribution is 0.0470. The van der Waals surface area contributed by atoms with Crippen molar-refractivity contribution < 1.29 is 21.7 Å². The molecule has 1 aliphatic rings. The van der Waals surface area contributed by atoms with Gasteiger partial charge in [-0.1, -0.05) is 5.16 Å². The second kappa shape index (κ2) is 7.02. The fraction of sp³-hybridized carbons (Fsp3) is 0.278. The molecule has 1 saturated heterocycles. The Bertz CT molecular complexity index is 1070. The smallest absolute Gasteiger partial charge is 0.266 e. The molecule has 1 fully saturated rings. The van der Waals surface area contributed by atoms with Crippen molar-refractivity contribution in [1.29, 1.82) is 0 Å². The average Bonchev–Trinajstić information content (AvgIpc) is 3.20. The molecule has 1 unspecified atom stereocenters. The van der Waals surface area contributed by atoms with Gasteiger partial charge in [-0.3, -0.25) is 4.98 Å². The molecule has 146 valence electrons. The van der Waals surface area contributed by atoms with Crippen molar-refractivity contribution in [3.05, 3.63) is 60.5 Å². The first-order chi connectivity index (χ1) is 13.4. The molecule has 0 N–H and O–H groups in total. The molecule has 0 spiro atoms. The van der Waals surface area contributed by atoms with E-state index in [1.807, 2.05) is 0 Å². The Morgan fingerprint density at radius 3 is 2.54 bits per heavy atom. The summed E-state index contributed by atoms with van der Waals surface area (Å²) in [7, 11) is -3.97. The van der Waals surface area contributed by atoms with Crippen molar-refractivity contribution in [3.8, 4) is 11.4 Å². The maximum atomic E-state index is 15.6. The van der Waals surface area contributed by atoms with E-state index in [-0.39, 0.29) is 36.0 Å². The van der Waals surface area contributed by atoms with E-state index in [0.717, 1.165) is 28.6 Å². The summed E-state index contributed by atoms with van der Waals surface area (Å²) >= 11 is 0. The standard InChI is InChI=1S/C18H16F2N4O3S/c19-14-2-4-15(5-3-14)28(25,26)24-11-1-8-18(20,12-24)17-22-16(23-27-17)13-6-9-21-10-7-13/h2-7,9-10H,1,8,11-12H2. The fourth-order valence-corrected chi connectivity index (χ4v) is 4.65. The van der Waals surface area contributed by atoms with E-state index in [0.29, 0.717) is 5.56 Å². The largest absolute Gasteiger partial charge is 0.335 e. The maximum absolute atomic E-state index is 15.6. The van der Waals surface area contributed by atoms with Crippen LogP contribution in [0.25, 0.3) is 11.4 Å². The molecule has 28 heavy (non-hydrogen) atoms. The van der Waals surface area contributed by atoms with Gasteiger partial charge in [0.15, 0.2) is 0 Å². The van der Waals surface area contributed by atoms with Crippen molar-refractivity contribution in [3.63, 3.8) is 0 Å². The van der Waals surface area contributed by atoms with Gasteiger partial charge in [0.05, 0.1) is 11.4 Å². The zero-order valence-corrected chi connectivity index (χ0v) is 15.4. The molecule has 1 aliphatic heterocycles. The average molecular weight is 406 g/mol. The maximum Gasteiger partial charge on any atom is 0.266 e. The summed E-state index contributed by atoms with van der Waals surface area (Å²) in [5, 5.41) is 3.80. The normalized spacial score (nSPS) is 20.9. The number of rotatable bonds is 4. The quantitative estimate of drug-likeness (QED) is 0.662. The Morgan fingerprint density at radius 2 is 1.82 bits per heavy atom. The molecule has 4 rings (SSSR count). The second-order valence-corrected chi connectivity index (χ2v) is 8.46. The number of aromatic nitrogens is 3. The van der Waals surface area contributed by atoms with Crippen LogP contribution in [0.2, 0.25) is 0 Å². The minimum Gasteiger partial charge on any atom is -0.335 e.